The minimum absolute atomic E-state index is 0.149. The van der Waals surface area contributed by atoms with E-state index in [0.717, 1.165) is 10.9 Å². The number of fused-ring (bicyclic) bond motifs is 1. The maximum absolute atomic E-state index is 12.3. The van der Waals surface area contributed by atoms with Gasteiger partial charge in [0.25, 0.3) is 10.0 Å². The molecule has 2 heterocycles. The van der Waals surface area contributed by atoms with Crippen LogP contribution in [0.5, 0.6) is 0 Å². The Bertz CT molecular complexity index is 887. The molecule has 0 fully saturated rings. The number of aryl methyl sites for hydroxylation is 1. The zero-order valence-electron chi connectivity index (χ0n) is 11.4. The van der Waals surface area contributed by atoms with Crippen LogP contribution in [-0.2, 0) is 16.6 Å². The molecule has 0 atom stereocenters. The molecule has 3 aromatic rings. The average molecular weight is 302 g/mol. The smallest absolute Gasteiger partial charge is 0.265 e. The molecule has 21 heavy (non-hydrogen) atoms. The topological polar surface area (TPSA) is 76.9 Å². The van der Waals surface area contributed by atoms with Gasteiger partial charge in [-0.25, -0.2) is 8.42 Å². The molecule has 0 saturated carbocycles. The van der Waals surface area contributed by atoms with Crippen LogP contribution in [0.3, 0.4) is 0 Å². The molecule has 0 unspecified atom stereocenters. The Hall–Kier alpha value is -2.41. The summed E-state index contributed by atoms with van der Waals surface area (Å²) in [6, 6.07) is 8.92. The number of nitrogens with one attached hydrogen (secondary N) is 1. The number of pyridine rings is 1. The lowest BCUT2D eigenvalue weighted by Crippen LogP contribution is -2.12. The number of nitrogens with zero attached hydrogens (tertiary/aromatic N) is 3. The second-order valence-electron chi connectivity index (χ2n) is 4.55. The highest BCUT2D eigenvalue weighted by Crippen LogP contribution is 2.20. The van der Waals surface area contributed by atoms with Gasteiger partial charge in [-0.1, -0.05) is 6.07 Å². The van der Waals surface area contributed by atoms with Crippen molar-refractivity contribution in [1.29, 1.82) is 0 Å². The van der Waals surface area contributed by atoms with E-state index in [1.807, 2.05) is 19.1 Å². The van der Waals surface area contributed by atoms with Gasteiger partial charge >= 0.3 is 0 Å². The van der Waals surface area contributed by atoms with Gasteiger partial charge in [-0.2, -0.15) is 5.10 Å². The van der Waals surface area contributed by atoms with E-state index in [1.54, 1.807) is 29.1 Å². The predicted octanol–water partition coefficient (Wildman–Crippen LogP) is 2.25. The predicted molar refractivity (Wildman–Crippen MR) is 80.5 cm³/mol. The molecule has 7 heteroatoms. The summed E-state index contributed by atoms with van der Waals surface area (Å²) in [5.74, 6) is 0. The highest BCUT2D eigenvalue weighted by atomic mass is 32.2. The summed E-state index contributed by atoms with van der Waals surface area (Å²) < 4.78 is 28.7. The van der Waals surface area contributed by atoms with E-state index >= 15 is 0 Å². The number of aromatic nitrogens is 3. The molecule has 6 nitrogen and oxygen atoms in total. The third kappa shape index (κ3) is 2.73. The number of anilines is 1. The summed E-state index contributed by atoms with van der Waals surface area (Å²) in [5, 5.41) is 4.86. The van der Waals surface area contributed by atoms with Crippen molar-refractivity contribution in [3.8, 4) is 0 Å². The average Bonchev–Trinajstić information content (AvgIpc) is 2.96. The van der Waals surface area contributed by atoms with Gasteiger partial charge in [-0.05, 0) is 31.2 Å². The number of sulfonamides is 1. The minimum Gasteiger partial charge on any atom is -0.280 e. The molecule has 0 aliphatic heterocycles. The van der Waals surface area contributed by atoms with Gasteiger partial charge in [0, 0.05) is 30.0 Å². The van der Waals surface area contributed by atoms with E-state index in [-0.39, 0.29) is 4.90 Å². The van der Waals surface area contributed by atoms with Crippen LogP contribution in [0.2, 0.25) is 0 Å². The summed E-state index contributed by atoms with van der Waals surface area (Å²) in [6.07, 6.45) is 4.55. The van der Waals surface area contributed by atoms with Crippen molar-refractivity contribution >= 4 is 26.6 Å². The first-order chi connectivity index (χ1) is 10.1. The molecule has 0 spiro atoms. The van der Waals surface area contributed by atoms with Crippen molar-refractivity contribution in [2.75, 3.05) is 4.72 Å². The first-order valence-corrected chi connectivity index (χ1v) is 7.97. The summed E-state index contributed by atoms with van der Waals surface area (Å²) in [5.41, 5.74) is 1.32. The monoisotopic (exact) mass is 302 g/mol. The molecule has 108 valence electrons. The Kier molecular flexibility index (Phi) is 3.34. The van der Waals surface area contributed by atoms with Crippen LogP contribution in [0.25, 0.3) is 10.9 Å². The molecule has 0 aliphatic carbocycles. The highest BCUT2D eigenvalue weighted by molar-refractivity contribution is 7.92. The van der Waals surface area contributed by atoms with Gasteiger partial charge in [0.1, 0.15) is 4.90 Å². The minimum atomic E-state index is -3.62. The number of rotatable bonds is 4. The second-order valence-corrected chi connectivity index (χ2v) is 6.23. The van der Waals surface area contributed by atoms with Gasteiger partial charge in [-0.15, -0.1) is 0 Å². The molecule has 0 bridgehead atoms. The Balaban J connectivity index is 1.93. The van der Waals surface area contributed by atoms with Crippen molar-refractivity contribution in [3.63, 3.8) is 0 Å². The summed E-state index contributed by atoms with van der Waals surface area (Å²) in [7, 11) is -3.62. The molecule has 0 aliphatic rings. The fraction of sp³-hybridized carbons (Fsp3) is 0.143. The van der Waals surface area contributed by atoms with Crippen LogP contribution < -0.4 is 4.72 Å². The largest absolute Gasteiger partial charge is 0.280 e. The molecule has 1 aromatic carbocycles. The fourth-order valence-electron chi connectivity index (χ4n) is 2.01. The van der Waals surface area contributed by atoms with Crippen LogP contribution in [-0.4, -0.2) is 23.2 Å². The molecule has 0 radical (unpaired) electrons. The maximum Gasteiger partial charge on any atom is 0.265 e. The second kappa shape index (κ2) is 5.17. The Morgan fingerprint density at radius 3 is 2.90 bits per heavy atom. The van der Waals surface area contributed by atoms with Crippen molar-refractivity contribution in [2.24, 2.45) is 0 Å². The van der Waals surface area contributed by atoms with E-state index in [9.17, 15) is 8.42 Å². The lowest BCUT2D eigenvalue weighted by atomic mass is 10.2. The SMILES string of the molecule is CCn1cc(S(=O)(=O)Nc2ccc3ncccc3c2)cn1. The third-order valence-electron chi connectivity index (χ3n) is 3.10. The molecular formula is C14H14N4O2S. The van der Waals surface area contributed by atoms with Gasteiger partial charge in [0.15, 0.2) is 0 Å². The van der Waals surface area contributed by atoms with Crippen LogP contribution >= 0.6 is 0 Å². The van der Waals surface area contributed by atoms with Crippen molar-refractivity contribution < 1.29 is 8.42 Å². The summed E-state index contributed by atoms with van der Waals surface area (Å²) in [6.45, 7) is 2.52. The molecule has 0 saturated heterocycles. The van der Waals surface area contributed by atoms with E-state index in [1.165, 1.54) is 12.4 Å². The van der Waals surface area contributed by atoms with Crippen LogP contribution in [0.4, 0.5) is 5.69 Å². The van der Waals surface area contributed by atoms with E-state index in [0.29, 0.717) is 12.2 Å². The lowest BCUT2D eigenvalue weighted by Gasteiger charge is -2.07. The van der Waals surface area contributed by atoms with Gasteiger partial charge in [-0.3, -0.25) is 14.4 Å². The van der Waals surface area contributed by atoms with Crippen molar-refractivity contribution in [3.05, 3.63) is 48.9 Å². The van der Waals surface area contributed by atoms with Crippen LogP contribution in [0.15, 0.2) is 53.8 Å². The molecule has 2 aromatic heterocycles. The highest BCUT2D eigenvalue weighted by Gasteiger charge is 2.16. The standard InChI is InChI=1S/C14H14N4O2S/c1-2-18-10-13(9-16-18)21(19,20)17-12-5-6-14-11(8-12)4-3-7-15-14/h3-10,17H,2H2,1H3. The number of hydrogen-bond donors (Lipinski definition) is 1. The number of hydrogen-bond acceptors (Lipinski definition) is 4. The third-order valence-corrected chi connectivity index (χ3v) is 4.43. The van der Waals surface area contributed by atoms with E-state index in [4.69, 9.17) is 0 Å². The first kappa shape index (κ1) is 13.6. The molecule has 1 N–H and O–H groups in total. The zero-order valence-corrected chi connectivity index (χ0v) is 12.2. The normalized spacial score (nSPS) is 11.7. The molecule has 3 rings (SSSR count). The summed E-state index contributed by atoms with van der Waals surface area (Å²) >= 11 is 0. The fourth-order valence-corrected chi connectivity index (χ4v) is 3.01. The lowest BCUT2D eigenvalue weighted by molar-refractivity contribution is 0.600. The Morgan fingerprint density at radius 1 is 1.29 bits per heavy atom. The zero-order chi connectivity index (χ0) is 14.9. The first-order valence-electron chi connectivity index (χ1n) is 6.48. The molecule has 0 amide bonds. The number of benzene rings is 1. The van der Waals surface area contributed by atoms with Gasteiger partial charge < -0.3 is 0 Å². The van der Waals surface area contributed by atoms with Crippen LogP contribution in [0.1, 0.15) is 6.92 Å². The van der Waals surface area contributed by atoms with Crippen molar-refractivity contribution in [2.45, 2.75) is 18.4 Å². The summed E-state index contributed by atoms with van der Waals surface area (Å²) in [4.78, 5) is 4.35. The maximum atomic E-state index is 12.3. The van der Waals surface area contributed by atoms with Crippen LogP contribution in [0, 0.1) is 0 Å². The Labute approximate surface area is 122 Å². The van der Waals surface area contributed by atoms with E-state index in [2.05, 4.69) is 14.8 Å². The Morgan fingerprint density at radius 2 is 2.14 bits per heavy atom. The van der Waals surface area contributed by atoms with Crippen molar-refractivity contribution in [1.82, 2.24) is 14.8 Å². The van der Waals surface area contributed by atoms with Gasteiger partial charge in [0.2, 0.25) is 0 Å². The quantitative estimate of drug-likeness (QED) is 0.802. The van der Waals surface area contributed by atoms with E-state index < -0.39 is 10.0 Å². The molecular weight excluding hydrogens is 288 g/mol. The van der Waals surface area contributed by atoms with Gasteiger partial charge in [0.05, 0.1) is 11.7 Å².